The standard InChI is InChI=1S/C18H14N4OS/c19-10-13-3-1-4-14(9-13)16-11-21-6-2-7-22(18(21)20-16)17(23)15-5-8-24-12-15/h1,3-5,8-9,11-12H,2,6-7H2. The first-order valence-electron chi connectivity index (χ1n) is 7.68. The van der Waals surface area contributed by atoms with Crippen molar-refractivity contribution >= 4 is 23.2 Å². The highest BCUT2D eigenvalue weighted by molar-refractivity contribution is 7.08. The smallest absolute Gasteiger partial charge is 0.261 e. The van der Waals surface area contributed by atoms with Gasteiger partial charge < -0.3 is 4.57 Å². The zero-order chi connectivity index (χ0) is 16.5. The minimum Gasteiger partial charge on any atom is -0.316 e. The highest BCUT2D eigenvalue weighted by atomic mass is 32.1. The average Bonchev–Trinajstić information content (AvgIpc) is 3.30. The summed E-state index contributed by atoms with van der Waals surface area (Å²) in [5.74, 6) is 0.662. The monoisotopic (exact) mass is 334 g/mol. The van der Waals surface area contributed by atoms with Crippen molar-refractivity contribution in [2.45, 2.75) is 13.0 Å². The van der Waals surface area contributed by atoms with Crippen LogP contribution in [0.3, 0.4) is 0 Å². The lowest BCUT2D eigenvalue weighted by atomic mass is 10.1. The molecule has 0 aliphatic carbocycles. The minimum atomic E-state index is -0.0138. The van der Waals surface area contributed by atoms with Crippen LogP contribution in [-0.4, -0.2) is 22.0 Å². The van der Waals surface area contributed by atoms with Crippen LogP contribution in [-0.2, 0) is 6.54 Å². The first-order valence-corrected chi connectivity index (χ1v) is 8.62. The SMILES string of the molecule is N#Cc1cccc(-c2cn3c(n2)N(C(=O)c2ccsc2)CCC3)c1. The molecular formula is C18H14N4OS. The van der Waals surface area contributed by atoms with Crippen LogP contribution in [0.1, 0.15) is 22.3 Å². The number of aryl methyl sites for hydroxylation is 1. The molecule has 24 heavy (non-hydrogen) atoms. The molecule has 1 amide bonds. The largest absolute Gasteiger partial charge is 0.316 e. The summed E-state index contributed by atoms with van der Waals surface area (Å²) in [6.07, 6.45) is 2.86. The Morgan fingerprint density at radius 1 is 1.29 bits per heavy atom. The van der Waals surface area contributed by atoms with Crippen molar-refractivity contribution in [3.8, 4) is 17.3 Å². The summed E-state index contributed by atoms with van der Waals surface area (Å²) in [7, 11) is 0. The van der Waals surface area contributed by atoms with Crippen LogP contribution >= 0.6 is 11.3 Å². The average molecular weight is 334 g/mol. The van der Waals surface area contributed by atoms with E-state index < -0.39 is 0 Å². The van der Waals surface area contributed by atoms with Gasteiger partial charge in [-0.25, -0.2) is 4.98 Å². The number of thiophene rings is 1. The fourth-order valence-corrected chi connectivity index (χ4v) is 3.54. The summed E-state index contributed by atoms with van der Waals surface area (Å²) < 4.78 is 2.02. The molecule has 5 nitrogen and oxygen atoms in total. The van der Waals surface area contributed by atoms with Gasteiger partial charge in [0.25, 0.3) is 5.91 Å². The second-order valence-electron chi connectivity index (χ2n) is 5.63. The number of hydrogen-bond donors (Lipinski definition) is 0. The van der Waals surface area contributed by atoms with E-state index in [1.807, 2.05) is 45.8 Å². The van der Waals surface area contributed by atoms with E-state index >= 15 is 0 Å². The topological polar surface area (TPSA) is 61.9 Å². The Morgan fingerprint density at radius 3 is 3.00 bits per heavy atom. The maximum absolute atomic E-state index is 12.7. The van der Waals surface area contributed by atoms with E-state index in [2.05, 4.69) is 11.1 Å². The zero-order valence-electron chi connectivity index (χ0n) is 12.8. The summed E-state index contributed by atoms with van der Waals surface area (Å²) in [5.41, 5.74) is 2.97. The predicted octanol–water partition coefficient (Wildman–Crippen LogP) is 3.53. The van der Waals surface area contributed by atoms with Gasteiger partial charge in [-0.1, -0.05) is 12.1 Å². The molecule has 6 heteroatoms. The molecule has 1 aromatic carbocycles. The third kappa shape index (κ3) is 2.49. The molecular weight excluding hydrogens is 320 g/mol. The Balaban J connectivity index is 1.73. The van der Waals surface area contributed by atoms with Gasteiger partial charge in [0.05, 0.1) is 22.9 Å². The lowest BCUT2D eigenvalue weighted by Crippen LogP contribution is -2.37. The van der Waals surface area contributed by atoms with E-state index in [4.69, 9.17) is 5.26 Å². The maximum Gasteiger partial charge on any atom is 0.261 e. The Labute approximate surface area is 143 Å². The van der Waals surface area contributed by atoms with Crippen LogP contribution in [0.5, 0.6) is 0 Å². The third-order valence-corrected chi connectivity index (χ3v) is 4.76. The van der Waals surface area contributed by atoms with Gasteiger partial charge in [-0.2, -0.15) is 16.6 Å². The number of benzene rings is 1. The van der Waals surface area contributed by atoms with E-state index in [1.165, 1.54) is 11.3 Å². The van der Waals surface area contributed by atoms with Crippen molar-refractivity contribution in [3.05, 3.63) is 58.4 Å². The molecule has 3 aromatic rings. The number of carbonyl (C=O) groups excluding carboxylic acids is 1. The summed E-state index contributed by atoms with van der Waals surface area (Å²) in [6, 6.07) is 11.4. The number of amides is 1. The lowest BCUT2D eigenvalue weighted by molar-refractivity contribution is 0.0981. The molecule has 0 atom stereocenters. The van der Waals surface area contributed by atoms with Gasteiger partial charge in [0.1, 0.15) is 0 Å². The molecule has 3 heterocycles. The number of rotatable bonds is 2. The Kier molecular flexibility index (Phi) is 3.63. The van der Waals surface area contributed by atoms with Crippen LogP contribution in [0.15, 0.2) is 47.3 Å². The van der Waals surface area contributed by atoms with Gasteiger partial charge in [0.15, 0.2) is 0 Å². The van der Waals surface area contributed by atoms with Crippen molar-refractivity contribution in [2.24, 2.45) is 0 Å². The number of aromatic nitrogens is 2. The van der Waals surface area contributed by atoms with E-state index in [0.717, 1.165) is 24.2 Å². The van der Waals surface area contributed by atoms with E-state index in [0.29, 0.717) is 23.6 Å². The summed E-state index contributed by atoms with van der Waals surface area (Å²) >= 11 is 1.51. The number of hydrogen-bond acceptors (Lipinski definition) is 4. The third-order valence-electron chi connectivity index (χ3n) is 4.08. The number of fused-ring (bicyclic) bond motifs is 1. The van der Waals surface area contributed by atoms with Crippen molar-refractivity contribution < 1.29 is 4.79 Å². The summed E-state index contributed by atoms with van der Waals surface area (Å²) in [4.78, 5) is 19.1. The van der Waals surface area contributed by atoms with Gasteiger partial charge in [-0.3, -0.25) is 9.69 Å². The fourth-order valence-electron chi connectivity index (χ4n) is 2.91. The van der Waals surface area contributed by atoms with Crippen LogP contribution in [0.25, 0.3) is 11.3 Å². The molecule has 0 saturated heterocycles. The Bertz CT molecular complexity index is 936. The number of carbonyl (C=O) groups is 1. The molecule has 1 aliphatic heterocycles. The molecule has 118 valence electrons. The zero-order valence-corrected chi connectivity index (χ0v) is 13.7. The van der Waals surface area contributed by atoms with Gasteiger partial charge in [-0.05, 0) is 30.0 Å². The highest BCUT2D eigenvalue weighted by Gasteiger charge is 2.26. The fraction of sp³-hybridized carbons (Fsp3) is 0.167. The molecule has 0 saturated carbocycles. The molecule has 0 unspecified atom stereocenters. The normalized spacial score (nSPS) is 13.4. The number of anilines is 1. The van der Waals surface area contributed by atoms with Gasteiger partial charge in [0.2, 0.25) is 5.95 Å². The van der Waals surface area contributed by atoms with Crippen LogP contribution in [0.2, 0.25) is 0 Å². The van der Waals surface area contributed by atoms with Crippen molar-refractivity contribution in [3.63, 3.8) is 0 Å². The molecule has 0 bridgehead atoms. The van der Waals surface area contributed by atoms with E-state index in [9.17, 15) is 4.79 Å². The van der Waals surface area contributed by atoms with Gasteiger partial charge in [0, 0.05) is 30.2 Å². The van der Waals surface area contributed by atoms with E-state index in [1.54, 1.807) is 11.0 Å². The Morgan fingerprint density at radius 2 is 2.21 bits per heavy atom. The predicted molar refractivity (Wildman–Crippen MR) is 93.0 cm³/mol. The first kappa shape index (κ1) is 14.7. The van der Waals surface area contributed by atoms with Crippen LogP contribution < -0.4 is 4.90 Å². The van der Waals surface area contributed by atoms with Crippen molar-refractivity contribution in [2.75, 3.05) is 11.4 Å². The van der Waals surface area contributed by atoms with Gasteiger partial charge in [-0.15, -0.1) is 0 Å². The first-order chi connectivity index (χ1) is 11.8. The molecule has 0 radical (unpaired) electrons. The van der Waals surface area contributed by atoms with Crippen LogP contribution in [0.4, 0.5) is 5.95 Å². The molecule has 4 rings (SSSR count). The molecule has 0 spiro atoms. The lowest BCUT2D eigenvalue weighted by Gasteiger charge is -2.26. The minimum absolute atomic E-state index is 0.0138. The number of nitriles is 1. The van der Waals surface area contributed by atoms with Gasteiger partial charge >= 0.3 is 0 Å². The Hall–Kier alpha value is -2.91. The highest BCUT2D eigenvalue weighted by Crippen LogP contribution is 2.28. The maximum atomic E-state index is 12.7. The molecule has 0 fully saturated rings. The summed E-state index contributed by atoms with van der Waals surface area (Å²) in [5, 5.41) is 12.8. The van der Waals surface area contributed by atoms with E-state index in [-0.39, 0.29) is 5.91 Å². The second-order valence-corrected chi connectivity index (χ2v) is 6.41. The second kappa shape index (κ2) is 5.95. The summed E-state index contributed by atoms with van der Waals surface area (Å²) in [6.45, 7) is 1.51. The van der Waals surface area contributed by atoms with Crippen LogP contribution in [0, 0.1) is 11.3 Å². The molecule has 2 aromatic heterocycles. The molecule has 1 aliphatic rings. The molecule has 0 N–H and O–H groups in total. The number of imidazole rings is 1. The van der Waals surface area contributed by atoms with Crippen molar-refractivity contribution in [1.29, 1.82) is 5.26 Å². The quantitative estimate of drug-likeness (QED) is 0.720. The van der Waals surface area contributed by atoms with Crippen molar-refractivity contribution in [1.82, 2.24) is 9.55 Å². The number of nitrogens with zero attached hydrogens (tertiary/aromatic N) is 4.